The van der Waals surface area contributed by atoms with Gasteiger partial charge in [0.2, 0.25) is 5.89 Å². The van der Waals surface area contributed by atoms with Gasteiger partial charge in [0.05, 0.1) is 13.2 Å². The minimum atomic E-state index is -0.106. The number of nitrogens with one attached hydrogen (secondary N) is 1. The lowest BCUT2D eigenvalue weighted by molar-refractivity contribution is -0.0379. The first-order chi connectivity index (χ1) is 10.7. The summed E-state index contributed by atoms with van der Waals surface area (Å²) in [6.07, 6.45) is 2.95. The molecule has 1 aliphatic rings. The van der Waals surface area contributed by atoms with Crippen LogP contribution < -0.4 is 0 Å². The minimum absolute atomic E-state index is 0.106. The number of rotatable bonds is 6. The van der Waals surface area contributed by atoms with Crippen molar-refractivity contribution in [2.45, 2.75) is 45.8 Å². The van der Waals surface area contributed by atoms with E-state index in [2.05, 4.69) is 37.1 Å². The summed E-state index contributed by atoms with van der Waals surface area (Å²) in [6, 6.07) is 0. The molecule has 1 saturated heterocycles. The number of morpholine rings is 1. The maximum atomic E-state index is 5.75. The maximum absolute atomic E-state index is 5.75. The van der Waals surface area contributed by atoms with Crippen LogP contribution in [0.1, 0.15) is 49.2 Å². The second-order valence-electron chi connectivity index (χ2n) is 5.58. The number of unbranched alkanes of at least 4 members (excludes halogenated alkanes) is 1. The second kappa shape index (κ2) is 6.97. The molecule has 1 N–H and O–H groups in total. The van der Waals surface area contributed by atoms with E-state index in [1.54, 1.807) is 0 Å². The van der Waals surface area contributed by atoms with E-state index in [0.29, 0.717) is 19.0 Å². The van der Waals surface area contributed by atoms with Crippen LogP contribution in [-0.2, 0) is 17.7 Å². The zero-order chi connectivity index (χ0) is 15.4. The monoisotopic (exact) mass is 306 g/mol. The van der Waals surface area contributed by atoms with Crippen LogP contribution in [0.3, 0.4) is 0 Å². The van der Waals surface area contributed by atoms with Crippen molar-refractivity contribution in [3.8, 4) is 0 Å². The van der Waals surface area contributed by atoms with Crippen LogP contribution >= 0.6 is 0 Å². The molecule has 1 atom stereocenters. The molecule has 1 fully saturated rings. The van der Waals surface area contributed by atoms with Gasteiger partial charge in [-0.05, 0) is 13.3 Å². The minimum Gasteiger partial charge on any atom is -0.367 e. The van der Waals surface area contributed by atoms with E-state index in [0.717, 1.165) is 49.9 Å². The lowest BCUT2D eigenvalue weighted by Crippen LogP contribution is -2.38. The summed E-state index contributed by atoms with van der Waals surface area (Å²) < 4.78 is 11.0. The predicted molar refractivity (Wildman–Crippen MR) is 78.0 cm³/mol. The Bertz CT molecular complexity index is 596. The molecule has 8 heteroatoms. The van der Waals surface area contributed by atoms with Gasteiger partial charge >= 0.3 is 0 Å². The third-order valence-corrected chi connectivity index (χ3v) is 3.67. The van der Waals surface area contributed by atoms with Crippen LogP contribution in [0.15, 0.2) is 4.52 Å². The third-order valence-electron chi connectivity index (χ3n) is 3.67. The molecule has 3 rings (SSSR count). The lowest BCUT2D eigenvalue weighted by atomic mass is 10.2. The summed E-state index contributed by atoms with van der Waals surface area (Å²) in [5.74, 6) is 2.97. The van der Waals surface area contributed by atoms with Gasteiger partial charge in [0.1, 0.15) is 11.9 Å². The van der Waals surface area contributed by atoms with Crippen molar-refractivity contribution in [2.75, 3.05) is 19.7 Å². The van der Waals surface area contributed by atoms with Crippen LogP contribution in [0, 0.1) is 6.92 Å². The lowest BCUT2D eigenvalue weighted by Gasteiger charge is -2.30. The molecular formula is C14H22N6O2. The van der Waals surface area contributed by atoms with Crippen molar-refractivity contribution in [2.24, 2.45) is 0 Å². The summed E-state index contributed by atoms with van der Waals surface area (Å²) >= 11 is 0. The van der Waals surface area contributed by atoms with Crippen molar-refractivity contribution in [1.82, 2.24) is 30.2 Å². The Balaban J connectivity index is 1.57. The van der Waals surface area contributed by atoms with Gasteiger partial charge in [0.25, 0.3) is 0 Å². The summed E-state index contributed by atoms with van der Waals surface area (Å²) in [7, 11) is 0. The Morgan fingerprint density at radius 3 is 3.05 bits per heavy atom. The molecule has 2 aromatic heterocycles. The smallest absolute Gasteiger partial charge is 0.226 e. The van der Waals surface area contributed by atoms with Crippen LogP contribution in [0.25, 0.3) is 0 Å². The number of nitrogens with zero attached hydrogens (tertiary/aromatic N) is 5. The number of ether oxygens (including phenoxy) is 1. The first-order valence-electron chi connectivity index (χ1n) is 7.79. The molecule has 0 amide bonds. The summed E-state index contributed by atoms with van der Waals surface area (Å²) in [4.78, 5) is 11.0. The fourth-order valence-electron chi connectivity index (χ4n) is 2.49. The van der Waals surface area contributed by atoms with E-state index < -0.39 is 0 Å². The van der Waals surface area contributed by atoms with Gasteiger partial charge in [-0.25, -0.2) is 4.98 Å². The Morgan fingerprint density at radius 2 is 2.27 bits per heavy atom. The van der Waals surface area contributed by atoms with E-state index in [-0.39, 0.29) is 6.10 Å². The highest BCUT2D eigenvalue weighted by Gasteiger charge is 2.26. The summed E-state index contributed by atoms with van der Waals surface area (Å²) in [5.41, 5.74) is 0. The van der Waals surface area contributed by atoms with Gasteiger partial charge in [-0.3, -0.25) is 10.00 Å². The van der Waals surface area contributed by atoms with E-state index in [4.69, 9.17) is 9.26 Å². The summed E-state index contributed by atoms with van der Waals surface area (Å²) in [6.45, 7) is 6.93. The van der Waals surface area contributed by atoms with E-state index in [1.165, 1.54) is 0 Å². The molecule has 0 saturated carbocycles. The number of aromatic nitrogens is 5. The van der Waals surface area contributed by atoms with Crippen LogP contribution in [-0.4, -0.2) is 49.9 Å². The highest BCUT2D eigenvalue weighted by Crippen LogP contribution is 2.20. The zero-order valence-corrected chi connectivity index (χ0v) is 13.1. The zero-order valence-electron chi connectivity index (χ0n) is 13.1. The third kappa shape index (κ3) is 3.69. The molecule has 22 heavy (non-hydrogen) atoms. The molecule has 0 spiro atoms. The van der Waals surface area contributed by atoms with Crippen LogP contribution in [0.5, 0.6) is 0 Å². The standard InChI is InChI=1S/C14H22N6O2/c1-3-4-5-13-16-12(19-22-13)9-20-6-7-21-11(8-20)14-15-10(2)17-18-14/h11H,3-9H2,1-2H3,(H,15,17,18). The van der Waals surface area contributed by atoms with Gasteiger partial charge in [0, 0.05) is 19.5 Å². The van der Waals surface area contributed by atoms with Crippen molar-refractivity contribution in [3.63, 3.8) is 0 Å². The number of aromatic amines is 1. The fourth-order valence-corrected chi connectivity index (χ4v) is 2.49. The molecule has 0 radical (unpaired) electrons. The SMILES string of the molecule is CCCCc1nc(CN2CCOC(c3n[nH]c(C)n3)C2)no1. The summed E-state index contributed by atoms with van der Waals surface area (Å²) in [5, 5.41) is 11.1. The second-order valence-corrected chi connectivity index (χ2v) is 5.58. The number of aryl methyl sites for hydroxylation is 2. The number of H-pyrrole nitrogens is 1. The highest BCUT2D eigenvalue weighted by atomic mass is 16.5. The largest absolute Gasteiger partial charge is 0.367 e. The quantitative estimate of drug-likeness (QED) is 0.862. The van der Waals surface area contributed by atoms with E-state index in [9.17, 15) is 0 Å². The topological polar surface area (TPSA) is 93.0 Å². The van der Waals surface area contributed by atoms with Gasteiger partial charge < -0.3 is 9.26 Å². The van der Waals surface area contributed by atoms with Crippen molar-refractivity contribution in [3.05, 3.63) is 23.4 Å². The number of hydrogen-bond donors (Lipinski definition) is 1. The molecule has 3 heterocycles. The Kier molecular flexibility index (Phi) is 4.79. The Hall–Kier alpha value is -1.80. The van der Waals surface area contributed by atoms with Crippen LogP contribution in [0.2, 0.25) is 0 Å². The maximum Gasteiger partial charge on any atom is 0.226 e. The van der Waals surface area contributed by atoms with Crippen molar-refractivity contribution < 1.29 is 9.26 Å². The average molecular weight is 306 g/mol. The van der Waals surface area contributed by atoms with Gasteiger partial charge in [-0.15, -0.1) is 0 Å². The molecule has 0 aliphatic carbocycles. The van der Waals surface area contributed by atoms with Crippen molar-refractivity contribution >= 4 is 0 Å². The van der Waals surface area contributed by atoms with Gasteiger partial charge in [-0.1, -0.05) is 18.5 Å². The first-order valence-corrected chi connectivity index (χ1v) is 7.79. The molecule has 0 aromatic carbocycles. The molecule has 120 valence electrons. The van der Waals surface area contributed by atoms with Crippen molar-refractivity contribution in [1.29, 1.82) is 0 Å². The Morgan fingerprint density at radius 1 is 1.36 bits per heavy atom. The first kappa shape index (κ1) is 15.1. The fraction of sp³-hybridized carbons (Fsp3) is 0.714. The molecule has 8 nitrogen and oxygen atoms in total. The van der Waals surface area contributed by atoms with Gasteiger partial charge in [-0.2, -0.15) is 10.1 Å². The average Bonchev–Trinajstić information content (AvgIpc) is 3.15. The molecule has 1 aliphatic heterocycles. The normalized spacial score (nSPS) is 19.6. The number of hydrogen-bond acceptors (Lipinski definition) is 7. The molecule has 2 aromatic rings. The van der Waals surface area contributed by atoms with Crippen LogP contribution in [0.4, 0.5) is 0 Å². The predicted octanol–water partition coefficient (Wildman–Crippen LogP) is 1.41. The molecule has 0 bridgehead atoms. The van der Waals surface area contributed by atoms with E-state index in [1.807, 2.05) is 6.92 Å². The molecule has 1 unspecified atom stereocenters. The highest BCUT2D eigenvalue weighted by molar-refractivity contribution is 4.96. The van der Waals surface area contributed by atoms with Gasteiger partial charge in [0.15, 0.2) is 11.6 Å². The van der Waals surface area contributed by atoms with E-state index >= 15 is 0 Å². The molecular weight excluding hydrogens is 284 g/mol. The Labute approximate surface area is 129 Å².